The lowest BCUT2D eigenvalue weighted by Gasteiger charge is -2.24. The number of hydrogen-bond acceptors (Lipinski definition) is 4. The van der Waals surface area contributed by atoms with Crippen LogP contribution in [0.4, 0.5) is 0 Å². The second kappa shape index (κ2) is 6.94. The summed E-state index contributed by atoms with van der Waals surface area (Å²) in [5.41, 5.74) is 0.679. The van der Waals surface area contributed by atoms with Crippen LogP contribution in [0.5, 0.6) is 0 Å². The van der Waals surface area contributed by atoms with Gasteiger partial charge in [0.2, 0.25) is 0 Å². The fourth-order valence-electron chi connectivity index (χ4n) is 2.70. The SMILES string of the molecule is O=C(c1ccccc1Sc1ccccn1)N1CCCC1CO. The molecule has 0 bridgehead atoms. The Balaban J connectivity index is 1.86. The van der Waals surface area contributed by atoms with E-state index in [4.69, 9.17) is 0 Å². The molecule has 1 aromatic carbocycles. The van der Waals surface area contributed by atoms with Crippen molar-refractivity contribution in [3.8, 4) is 0 Å². The van der Waals surface area contributed by atoms with E-state index < -0.39 is 0 Å². The lowest BCUT2D eigenvalue weighted by molar-refractivity contribution is 0.0674. The summed E-state index contributed by atoms with van der Waals surface area (Å²) < 4.78 is 0. The number of carbonyl (C=O) groups is 1. The highest BCUT2D eigenvalue weighted by Gasteiger charge is 2.29. The lowest BCUT2D eigenvalue weighted by Crippen LogP contribution is -2.37. The van der Waals surface area contributed by atoms with Gasteiger partial charge in [-0.25, -0.2) is 4.98 Å². The van der Waals surface area contributed by atoms with Crippen molar-refractivity contribution < 1.29 is 9.90 Å². The predicted molar refractivity (Wildman–Crippen MR) is 85.9 cm³/mol. The van der Waals surface area contributed by atoms with Gasteiger partial charge >= 0.3 is 0 Å². The molecular weight excluding hydrogens is 296 g/mol. The summed E-state index contributed by atoms with van der Waals surface area (Å²) in [7, 11) is 0. The third-order valence-electron chi connectivity index (χ3n) is 3.82. The summed E-state index contributed by atoms with van der Waals surface area (Å²) in [5.74, 6) is -0.00409. The van der Waals surface area contributed by atoms with Gasteiger partial charge in [-0.15, -0.1) is 0 Å². The summed E-state index contributed by atoms with van der Waals surface area (Å²) in [6, 6.07) is 13.3. The zero-order chi connectivity index (χ0) is 15.4. The maximum Gasteiger partial charge on any atom is 0.255 e. The fraction of sp³-hybridized carbons (Fsp3) is 0.294. The van der Waals surface area contributed by atoms with Crippen molar-refractivity contribution in [3.63, 3.8) is 0 Å². The van der Waals surface area contributed by atoms with Crippen molar-refractivity contribution in [1.29, 1.82) is 0 Å². The Hall–Kier alpha value is -1.85. The van der Waals surface area contributed by atoms with Crippen LogP contribution in [0.2, 0.25) is 0 Å². The molecule has 1 N–H and O–H groups in total. The van der Waals surface area contributed by atoms with Crippen molar-refractivity contribution in [2.75, 3.05) is 13.2 Å². The van der Waals surface area contributed by atoms with Gasteiger partial charge in [-0.2, -0.15) is 0 Å². The first-order valence-electron chi connectivity index (χ1n) is 7.39. The number of amides is 1. The standard InChI is InChI=1S/C17H18N2O2S/c20-12-13-6-5-11-19(13)17(21)14-7-1-2-8-15(14)22-16-9-3-4-10-18-16/h1-4,7-10,13,20H,5-6,11-12H2. The molecule has 1 unspecified atom stereocenters. The molecule has 0 aliphatic carbocycles. The van der Waals surface area contributed by atoms with Crippen molar-refractivity contribution in [2.24, 2.45) is 0 Å². The summed E-state index contributed by atoms with van der Waals surface area (Å²) >= 11 is 1.49. The van der Waals surface area contributed by atoms with Crippen LogP contribution in [0, 0.1) is 0 Å². The van der Waals surface area contributed by atoms with E-state index in [1.807, 2.05) is 42.5 Å². The number of rotatable bonds is 4. The number of pyridine rings is 1. The van der Waals surface area contributed by atoms with E-state index in [9.17, 15) is 9.90 Å². The third-order valence-corrected chi connectivity index (χ3v) is 4.85. The molecule has 1 saturated heterocycles. The molecule has 2 aromatic rings. The molecule has 5 heteroatoms. The van der Waals surface area contributed by atoms with Gasteiger partial charge < -0.3 is 10.0 Å². The zero-order valence-corrected chi connectivity index (χ0v) is 13.0. The van der Waals surface area contributed by atoms with Crippen LogP contribution in [-0.4, -0.2) is 40.1 Å². The molecule has 3 rings (SSSR count). The first-order chi connectivity index (χ1) is 10.8. The quantitative estimate of drug-likeness (QED) is 0.943. The molecule has 1 atom stereocenters. The van der Waals surface area contributed by atoms with E-state index in [0.29, 0.717) is 12.1 Å². The normalized spacial score (nSPS) is 17.7. The highest BCUT2D eigenvalue weighted by molar-refractivity contribution is 7.99. The Morgan fingerprint density at radius 3 is 2.86 bits per heavy atom. The number of aliphatic hydroxyl groups is 1. The first-order valence-corrected chi connectivity index (χ1v) is 8.21. The highest BCUT2D eigenvalue weighted by atomic mass is 32.2. The number of aliphatic hydroxyl groups excluding tert-OH is 1. The number of carbonyl (C=O) groups excluding carboxylic acids is 1. The molecule has 1 aromatic heterocycles. The van der Waals surface area contributed by atoms with Crippen LogP contribution in [0.3, 0.4) is 0 Å². The van der Waals surface area contributed by atoms with Crippen LogP contribution in [0.15, 0.2) is 58.6 Å². The molecule has 1 fully saturated rings. The minimum atomic E-state index is -0.0552. The Morgan fingerprint density at radius 2 is 2.09 bits per heavy atom. The monoisotopic (exact) mass is 314 g/mol. The maximum atomic E-state index is 12.8. The molecule has 0 radical (unpaired) electrons. The predicted octanol–water partition coefficient (Wildman–Crippen LogP) is 2.83. The molecule has 1 amide bonds. The fourth-order valence-corrected chi connectivity index (χ4v) is 3.60. The second-order valence-corrected chi connectivity index (χ2v) is 6.31. The largest absolute Gasteiger partial charge is 0.394 e. The maximum absolute atomic E-state index is 12.8. The zero-order valence-electron chi connectivity index (χ0n) is 12.2. The first kappa shape index (κ1) is 15.1. The van der Waals surface area contributed by atoms with Crippen LogP contribution in [0.25, 0.3) is 0 Å². The molecule has 1 aliphatic rings. The summed E-state index contributed by atoms with van der Waals surface area (Å²) in [5, 5.41) is 10.3. The smallest absolute Gasteiger partial charge is 0.255 e. The topological polar surface area (TPSA) is 53.4 Å². The molecular formula is C17H18N2O2S. The minimum absolute atomic E-state index is 0.00409. The van der Waals surface area contributed by atoms with Crippen LogP contribution in [0.1, 0.15) is 23.2 Å². The van der Waals surface area contributed by atoms with E-state index in [0.717, 1.165) is 22.8 Å². The van der Waals surface area contributed by atoms with Gasteiger partial charge in [-0.1, -0.05) is 30.0 Å². The van der Waals surface area contributed by atoms with Crippen molar-refractivity contribution in [1.82, 2.24) is 9.88 Å². The number of benzene rings is 1. The molecule has 1 aliphatic heterocycles. The summed E-state index contributed by atoms with van der Waals surface area (Å²) in [6.45, 7) is 0.744. The van der Waals surface area contributed by atoms with E-state index in [2.05, 4.69) is 4.98 Å². The average Bonchev–Trinajstić information content (AvgIpc) is 3.04. The van der Waals surface area contributed by atoms with Gasteiger partial charge in [0.05, 0.1) is 18.2 Å². The van der Waals surface area contributed by atoms with E-state index >= 15 is 0 Å². The number of nitrogens with zero attached hydrogens (tertiary/aromatic N) is 2. The average molecular weight is 314 g/mol. The van der Waals surface area contributed by atoms with Gasteiger partial charge in [0.15, 0.2) is 0 Å². The van der Waals surface area contributed by atoms with Crippen molar-refractivity contribution >= 4 is 17.7 Å². The van der Waals surface area contributed by atoms with Gasteiger partial charge in [0, 0.05) is 17.6 Å². The van der Waals surface area contributed by atoms with Crippen LogP contribution >= 0.6 is 11.8 Å². The molecule has 114 valence electrons. The summed E-state index contributed by atoms with van der Waals surface area (Å²) in [4.78, 5) is 19.8. The highest BCUT2D eigenvalue weighted by Crippen LogP contribution is 2.31. The van der Waals surface area contributed by atoms with Gasteiger partial charge in [-0.3, -0.25) is 4.79 Å². The van der Waals surface area contributed by atoms with Gasteiger partial charge in [0.25, 0.3) is 5.91 Å². The van der Waals surface area contributed by atoms with E-state index in [1.165, 1.54) is 11.8 Å². The number of aromatic nitrogens is 1. The van der Waals surface area contributed by atoms with Gasteiger partial charge in [0.1, 0.15) is 5.03 Å². The van der Waals surface area contributed by atoms with Crippen LogP contribution in [-0.2, 0) is 0 Å². The Labute approximate surface area is 134 Å². The molecule has 4 nitrogen and oxygen atoms in total. The van der Waals surface area contributed by atoms with Crippen molar-refractivity contribution in [2.45, 2.75) is 28.8 Å². The number of hydrogen-bond donors (Lipinski definition) is 1. The van der Waals surface area contributed by atoms with Crippen LogP contribution < -0.4 is 0 Å². The minimum Gasteiger partial charge on any atom is -0.394 e. The Bertz CT molecular complexity index is 648. The van der Waals surface area contributed by atoms with E-state index in [1.54, 1.807) is 11.1 Å². The Kier molecular flexibility index (Phi) is 4.75. The summed E-state index contributed by atoms with van der Waals surface area (Å²) in [6.07, 6.45) is 3.57. The third kappa shape index (κ3) is 3.15. The number of likely N-dealkylation sites (tertiary alicyclic amines) is 1. The molecule has 22 heavy (non-hydrogen) atoms. The van der Waals surface area contributed by atoms with E-state index in [-0.39, 0.29) is 18.6 Å². The lowest BCUT2D eigenvalue weighted by atomic mass is 10.1. The molecule has 0 saturated carbocycles. The van der Waals surface area contributed by atoms with Gasteiger partial charge in [-0.05, 0) is 37.1 Å². The molecule has 2 heterocycles. The Morgan fingerprint density at radius 1 is 1.27 bits per heavy atom. The second-order valence-electron chi connectivity index (χ2n) is 5.24. The van der Waals surface area contributed by atoms with Crippen molar-refractivity contribution in [3.05, 3.63) is 54.2 Å². The molecule has 0 spiro atoms.